The van der Waals surface area contributed by atoms with Crippen molar-refractivity contribution in [1.82, 2.24) is 14.9 Å². The first-order chi connectivity index (χ1) is 9.20. The highest BCUT2D eigenvalue weighted by atomic mass is 15.2. The van der Waals surface area contributed by atoms with Crippen LogP contribution >= 0.6 is 0 Å². The van der Waals surface area contributed by atoms with Crippen LogP contribution in [-0.4, -0.2) is 61.2 Å². The van der Waals surface area contributed by atoms with Crippen LogP contribution in [0.25, 0.3) is 0 Å². The predicted octanol–water partition coefficient (Wildman–Crippen LogP) is 0.378. The van der Waals surface area contributed by atoms with Gasteiger partial charge in [-0.05, 0) is 39.0 Å². The summed E-state index contributed by atoms with van der Waals surface area (Å²) in [5.74, 6) is 1.63. The molecule has 0 bridgehead atoms. The van der Waals surface area contributed by atoms with E-state index >= 15 is 0 Å². The molecule has 0 aliphatic carbocycles. The number of nitrogens with zero attached hydrogens (tertiary/aromatic N) is 4. The molecule has 0 unspecified atom stereocenters. The van der Waals surface area contributed by atoms with Crippen molar-refractivity contribution in [3.8, 4) is 0 Å². The van der Waals surface area contributed by atoms with Crippen LogP contribution in [0.1, 0.15) is 12.8 Å². The molecular formula is C13H24N6. The first kappa shape index (κ1) is 14.0. The van der Waals surface area contributed by atoms with E-state index in [0.717, 1.165) is 18.9 Å². The van der Waals surface area contributed by atoms with Gasteiger partial charge in [-0.3, -0.25) is 0 Å². The Bertz CT molecular complexity index is 388. The zero-order valence-electron chi connectivity index (χ0n) is 11.8. The molecule has 106 valence electrons. The molecule has 0 saturated carbocycles. The summed E-state index contributed by atoms with van der Waals surface area (Å²) in [6.45, 7) is 3.58. The third-order valence-corrected chi connectivity index (χ3v) is 3.67. The van der Waals surface area contributed by atoms with Crippen LogP contribution in [0.5, 0.6) is 0 Å². The lowest BCUT2D eigenvalue weighted by Gasteiger charge is -2.35. The molecule has 1 saturated heterocycles. The maximum atomic E-state index is 5.47. The minimum absolute atomic E-state index is 0.563. The molecular weight excluding hydrogens is 240 g/mol. The number of hydrogen-bond acceptors (Lipinski definition) is 6. The molecule has 0 atom stereocenters. The number of hydrogen-bond donors (Lipinski definition) is 2. The highest BCUT2D eigenvalue weighted by molar-refractivity contribution is 5.42. The lowest BCUT2D eigenvalue weighted by molar-refractivity contribution is 0.252. The van der Waals surface area contributed by atoms with E-state index in [0.29, 0.717) is 25.1 Å². The summed E-state index contributed by atoms with van der Waals surface area (Å²) in [4.78, 5) is 13.4. The van der Waals surface area contributed by atoms with Crippen molar-refractivity contribution >= 4 is 11.8 Å². The van der Waals surface area contributed by atoms with E-state index in [1.807, 2.05) is 6.07 Å². The molecule has 3 N–H and O–H groups in total. The van der Waals surface area contributed by atoms with E-state index < -0.39 is 0 Å². The topological polar surface area (TPSA) is 70.3 Å². The molecule has 6 nitrogen and oxygen atoms in total. The summed E-state index contributed by atoms with van der Waals surface area (Å²) in [5.41, 5.74) is 5.47. The van der Waals surface area contributed by atoms with E-state index in [1.54, 1.807) is 6.20 Å². The monoisotopic (exact) mass is 264 g/mol. The van der Waals surface area contributed by atoms with Gasteiger partial charge < -0.3 is 20.9 Å². The molecule has 0 aromatic carbocycles. The first-order valence-corrected chi connectivity index (χ1v) is 6.89. The van der Waals surface area contributed by atoms with Crippen LogP contribution in [-0.2, 0) is 0 Å². The second kappa shape index (κ2) is 6.68. The van der Waals surface area contributed by atoms with E-state index in [9.17, 15) is 0 Å². The zero-order valence-corrected chi connectivity index (χ0v) is 11.8. The maximum Gasteiger partial charge on any atom is 0.224 e. The molecule has 19 heavy (non-hydrogen) atoms. The second-order valence-electron chi connectivity index (χ2n) is 5.10. The highest BCUT2D eigenvalue weighted by Crippen LogP contribution is 2.20. The SMILES string of the molecule is CN1CCC(N(C)c2ccnc(NCCN)n2)CC1. The second-order valence-corrected chi connectivity index (χ2v) is 5.10. The molecule has 0 amide bonds. The van der Waals surface area contributed by atoms with Gasteiger partial charge in [-0.1, -0.05) is 0 Å². The minimum Gasteiger partial charge on any atom is -0.356 e. The smallest absolute Gasteiger partial charge is 0.224 e. The molecule has 2 rings (SSSR count). The molecule has 0 spiro atoms. The Morgan fingerprint density at radius 3 is 2.89 bits per heavy atom. The van der Waals surface area contributed by atoms with Crippen LogP contribution in [0.4, 0.5) is 11.8 Å². The Balaban J connectivity index is 1.99. The maximum absolute atomic E-state index is 5.47. The van der Waals surface area contributed by atoms with Crippen molar-refractivity contribution in [1.29, 1.82) is 0 Å². The van der Waals surface area contributed by atoms with Crippen molar-refractivity contribution in [3.05, 3.63) is 12.3 Å². The van der Waals surface area contributed by atoms with Crippen LogP contribution in [0.15, 0.2) is 12.3 Å². The summed E-state index contributed by atoms with van der Waals surface area (Å²) in [6, 6.07) is 2.53. The fourth-order valence-electron chi connectivity index (χ4n) is 2.38. The summed E-state index contributed by atoms with van der Waals surface area (Å²) in [5, 5.41) is 3.12. The summed E-state index contributed by atoms with van der Waals surface area (Å²) < 4.78 is 0. The zero-order chi connectivity index (χ0) is 13.7. The minimum atomic E-state index is 0.563. The average molecular weight is 264 g/mol. The van der Waals surface area contributed by atoms with Gasteiger partial charge in [0.25, 0.3) is 0 Å². The van der Waals surface area contributed by atoms with Crippen LogP contribution in [0.3, 0.4) is 0 Å². The van der Waals surface area contributed by atoms with Crippen molar-refractivity contribution in [2.24, 2.45) is 5.73 Å². The molecule has 0 radical (unpaired) electrons. The molecule has 1 aromatic heterocycles. The number of likely N-dealkylation sites (tertiary alicyclic amines) is 1. The number of nitrogens with two attached hydrogens (primary N) is 1. The first-order valence-electron chi connectivity index (χ1n) is 6.89. The lowest BCUT2D eigenvalue weighted by Crippen LogP contribution is -2.42. The van der Waals surface area contributed by atoms with Crippen molar-refractivity contribution in [2.75, 3.05) is 50.5 Å². The summed E-state index contributed by atoms with van der Waals surface area (Å²) >= 11 is 0. The van der Waals surface area contributed by atoms with Gasteiger partial charge >= 0.3 is 0 Å². The normalized spacial score (nSPS) is 17.4. The van der Waals surface area contributed by atoms with Gasteiger partial charge in [-0.15, -0.1) is 0 Å². The van der Waals surface area contributed by atoms with Crippen molar-refractivity contribution in [3.63, 3.8) is 0 Å². The van der Waals surface area contributed by atoms with Gasteiger partial charge in [0, 0.05) is 32.4 Å². The quantitative estimate of drug-likeness (QED) is 0.801. The Morgan fingerprint density at radius 1 is 1.47 bits per heavy atom. The van der Waals surface area contributed by atoms with Crippen LogP contribution in [0.2, 0.25) is 0 Å². The molecule has 1 aliphatic rings. The van der Waals surface area contributed by atoms with E-state index in [-0.39, 0.29) is 0 Å². The Labute approximate surface area is 115 Å². The largest absolute Gasteiger partial charge is 0.356 e. The number of anilines is 2. The predicted molar refractivity (Wildman–Crippen MR) is 78.5 cm³/mol. The van der Waals surface area contributed by atoms with Crippen molar-refractivity contribution < 1.29 is 0 Å². The number of piperidine rings is 1. The standard InChI is InChI=1S/C13H24N6/c1-18-9-4-11(5-10-18)19(2)12-3-7-15-13(17-12)16-8-6-14/h3,7,11H,4-6,8-10,14H2,1-2H3,(H,15,16,17). The number of rotatable bonds is 5. The van der Waals surface area contributed by atoms with Gasteiger partial charge in [-0.25, -0.2) is 4.98 Å². The third kappa shape index (κ3) is 3.78. The molecule has 1 aliphatic heterocycles. The van der Waals surface area contributed by atoms with Crippen LogP contribution in [0, 0.1) is 0 Å². The third-order valence-electron chi connectivity index (χ3n) is 3.67. The highest BCUT2D eigenvalue weighted by Gasteiger charge is 2.21. The molecule has 1 fully saturated rings. The fourth-order valence-corrected chi connectivity index (χ4v) is 2.38. The lowest BCUT2D eigenvalue weighted by atomic mass is 10.0. The molecule has 1 aromatic rings. The summed E-state index contributed by atoms with van der Waals surface area (Å²) in [6.07, 6.45) is 4.16. The Morgan fingerprint density at radius 2 is 2.21 bits per heavy atom. The molecule has 2 heterocycles. The van der Waals surface area contributed by atoms with Gasteiger partial charge in [0.15, 0.2) is 0 Å². The van der Waals surface area contributed by atoms with E-state index in [1.165, 1.54) is 12.8 Å². The van der Waals surface area contributed by atoms with E-state index in [2.05, 4.69) is 39.2 Å². The van der Waals surface area contributed by atoms with Gasteiger partial charge in [0.05, 0.1) is 0 Å². The summed E-state index contributed by atoms with van der Waals surface area (Å²) in [7, 11) is 4.29. The van der Waals surface area contributed by atoms with Gasteiger partial charge in [0.2, 0.25) is 5.95 Å². The Kier molecular flexibility index (Phi) is 4.93. The molecule has 6 heteroatoms. The van der Waals surface area contributed by atoms with Gasteiger partial charge in [-0.2, -0.15) is 4.98 Å². The average Bonchev–Trinajstić information content (AvgIpc) is 2.45. The van der Waals surface area contributed by atoms with Gasteiger partial charge in [0.1, 0.15) is 5.82 Å². The van der Waals surface area contributed by atoms with Crippen LogP contribution < -0.4 is 16.0 Å². The Hall–Kier alpha value is -1.40. The van der Waals surface area contributed by atoms with Crippen molar-refractivity contribution in [2.45, 2.75) is 18.9 Å². The fraction of sp³-hybridized carbons (Fsp3) is 0.692. The van der Waals surface area contributed by atoms with E-state index in [4.69, 9.17) is 5.73 Å². The number of nitrogens with one attached hydrogen (secondary N) is 1. The number of aromatic nitrogens is 2.